The van der Waals surface area contributed by atoms with E-state index in [4.69, 9.17) is 8.92 Å². The fourth-order valence-corrected chi connectivity index (χ4v) is 5.03. The third kappa shape index (κ3) is 5.28. The summed E-state index contributed by atoms with van der Waals surface area (Å²) in [4.78, 5) is 19.6. The highest BCUT2D eigenvalue weighted by Gasteiger charge is 2.17. The van der Waals surface area contributed by atoms with Crippen molar-refractivity contribution in [1.29, 1.82) is 0 Å². The fourth-order valence-electron chi connectivity index (χ4n) is 2.53. The molecule has 0 saturated heterocycles. The first-order valence-corrected chi connectivity index (χ1v) is 11.8. The van der Waals surface area contributed by atoms with Gasteiger partial charge in [-0.05, 0) is 30.7 Å². The number of rotatable bonds is 9. The molecule has 2 aromatic heterocycles. The number of nitrogens with zero attached hydrogens (tertiary/aromatic N) is 2. The van der Waals surface area contributed by atoms with Gasteiger partial charge in [0.1, 0.15) is 10.6 Å². The molecule has 0 amide bonds. The molecule has 150 valence electrons. The number of hydrogen-bond acceptors (Lipinski definition) is 9. The van der Waals surface area contributed by atoms with E-state index < -0.39 is 10.1 Å². The maximum absolute atomic E-state index is 11.6. The number of carbonyl (C=O) groups excluding carboxylic acids is 1. The van der Waals surface area contributed by atoms with Crippen molar-refractivity contribution < 1.29 is 22.1 Å². The highest BCUT2D eigenvalue weighted by atomic mass is 32.2. The quantitative estimate of drug-likeness (QED) is 0.371. The predicted molar refractivity (Wildman–Crippen MR) is 112 cm³/mol. The third-order valence-corrected chi connectivity index (χ3v) is 6.80. The minimum atomic E-state index is -3.51. The van der Waals surface area contributed by atoms with Gasteiger partial charge in [-0.1, -0.05) is 23.5 Å². The number of fused-ring (bicyclic) bond motifs is 1. The zero-order chi connectivity index (χ0) is 20.3. The molecule has 7 nitrogen and oxygen atoms in total. The van der Waals surface area contributed by atoms with Gasteiger partial charge in [-0.25, -0.2) is 4.98 Å². The van der Waals surface area contributed by atoms with Gasteiger partial charge in [0.05, 0.1) is 29.5 Å². The largest absolute Gasteiger partial charge is 0.497 e. The lowest BCUT2D eigenvalue weighted by atomic mass is 10.2. The summed E-state index contributed by atoms with van der Waals surface area (Å²) in [7, 11) is -1.90. The molecule has 0 aliphatic rings. The van der Waals surface area contributed by atoms with Gasteiger partial charge in [-0.15, -0.1) is 11.3 Å². The Kier molecular flexibility index (Phi) is 6.33. The second-order valence-corrected chi connectivity index (χ2v) is 9.81. The van der Waals surface area contributed by atoms with Crippen molar-refractivity contribution >= 4 is 53.2 Å². The Bertz CT molecular complexity index is 1040. The molecule has 0 saturated carbocycles. The van der Waals surface area contributed by atoms with Crippen LogP contribution in [0.4, 0.5) is 5.13 Å². The monoisotopic (exact) mass is 440 g/mol. The summed E-state index contributed by atoms with van der Waals surface area (Å²) < 4.78 is 33.6. The second-order valence-electron chi connectivity index (χ2n) is 6.13. The van der Waals surface area contributed by atoms with E-state index in [0.717, 1.165) is 32.2 Å². The maximum Gasteiger partial charge on any atom is 0.264 e. The number of Topliss-reactive ketones (excluding diaryl/α,β-unsaturated/α-hetero) is 1. The summed E-state index contributed by atoms with van der Waals surface area (Å²) in [5.74, 6) is 0.788. The predicted octanol–water partition coefficient (Wildman–Crippen LogP) is 3.55. The Morgan fingerprint density at radius 1 is 1.21 bits per heavy atom. The van der Waals surface area contributed by atoms with Crippen molar-refractivity contribution in [3.05, 3.63) is 40.8 Å². The first-order valence-electron chi connectivity index (χ1n) is 8.39. The Hall–Kier alpha value is -2.01. The molecule has 0 unspecified atom stereocenters. The Labute approximate surface area is 171 Å². The van der Waals surface area contributed by atoms with Crippen LogP contribution >= 0.6 is 22.7 Å². The molecule has 3 aromatic rings. The van der Waals surface area contributed by atoms with Gasteiger partial charge in [-0.2, -0.15) is 8.42 Å². The van der Waals surface area contributed by atoms with Crippen LogP contribution < -0.4 is 9.64 Å². The minimum absolute atomic E-state index is 0.0217. The van der Waals surface area contributed by atoms with Gasteiger partial charge in [0, 0.05) is 13.1 Å². The van der Waals surface area contributed by atoms with Crippen molar-refractivity contribution in [2.24, 2.45) is 0 Å². The summed E-state index contributed by atoms with van der Waals surface area (Å²) in [6, 6.07) is 9.50. The van der Waals surface area contributed by atoms with E-state index in [-0.39, 0.29) is 12.4 Å². The minimum Gasteiger partial charge on any atom is -0.497 e. The molecule has 3 rings (SSSR count). The average molecular weight is 441 g/mol. The van der Waals surface area contributed by atoms with Crippen LogP contribution in [-0.4, -0.2) is 45.7 Å². The van der Waals surface area contributed by atoms with Crippen molar-refractivity contribution in [1.82, 2.24) is 4.98 Å². The Morgan fingerprint density at radius 3 is 2.50 bits per heavy atom. The van der Waals surface area contributed by atoms with Gasteiger partial charge >= 0.3 is 0 Å². The third-order valence-electron chi connectivity index (χ3n) is 3.89. The second kappa shape index (κ2) is 8.56. The molecule has 0 bridgehead atoms. The maximum atomic E-state index is 11.6. The smallest absolute Gasteiger partial charge is 0.264 e. The van der Waals surface area contributed by atoms with E-state index in [1.54, 1.807) is 7.11 Å². The van der Waals surface area contributed by atoms with E-state index in [1.807, 2.05) is 35.2 Å². The van der Waals surface area contributed by atoms with E-state index >= 15 is 0 Å². The lowest BCUT2D eigenvalue weighted by Gasteiger charge is -2.21. The van der Waals surface area contributed by atoms with Crippen LogP contribution in [0.25, 0.3) is 9.53 Å². The highest BCUT2D eigenvalue weighted by molar-refractivity contribution is 7.85. The molecule has 0 fully saturated rings. The Morgan fingerprint density at radius 2 is 1.93 bits per heavy atom. The van der Waals surface area contributed by atoms with Crippen LogP contribution in [0.1, 0.15) is 22.2 Å². The van der Waals surface area contributed by atoms with E-state index in [1.165, 1.54) is 29.6 Å². The number of methoxy groups -OCH3 is 1. The van der Waals surface area contributed by atoms with Crippen molar-refractivity contribution in [3.63, 3.8) is 0 Å². The number of ether oxygens (including phenoxy) is 1. The molecular weight excluding hydrogens is 420 g/mol. The van der Waals surface area contributed by atoms with Crippen LogP contribution in [0.3, 0.4) is 0 Å². The molecule has 0 spiro atoms. The summed E-state index contributed by atoms with van der Waals surface area (Å²) in [5, 5.41) is 0.754. The fraction of sp³-hybridized carbons (Fsp3) is 0.333. The summed E-state index contributed by atoms with van der Waals surface area (Å²) in [6.45, 7) is 2.46. The van der Waals surface area contributed by atoms with Crippen LogP contribution in [0.15, 0.2) is 30.3 Å². The van der Waals surface area contributed by atoms with Crippen molar-refractivity contribution in [2.45, 2.75) is 13.5 Å². The number of ketones is 1. The zero-order valence-electron chi connectivity index (χ0n) is 15.7. The lowest BCUT2D eigenvalue weighted by molar-refractivity contribution is 0.102. The molecule has 1 aromatic carbocycles. The zero-order valence-corrected chi connectivity index (χ0v) is 18.1. The summed E-state index contributed by atoms with van der Waals surface area (Å²) in [6.07, 6.45) is 1.03. The number of anilines is 1. The number of thiazole rings is 1. The van der Waals surface area contributed by atoms with Crippen LogP contribution in [0.5, 0.6) is 5.75 Å². The van der Waals surface area contributed by atoms with Crippen LogP contribution in [-0.2, 0) is 20.8 Å². The molecule has 0 aliphatic carbocycles. The summed E-state index contributed by atoms with van der Waals surface area (Å²) in [5.41, 5.74) is 1.03. The molecule has 0 aliphatic heterocycles. The Balaban J connectivity index is 1.83. The summed E-state index contributed by atoms with van der Waals surface area (Å²) >= 11 is 2.83. The van der Waals surface area contributed by atoms with E-state index in [0.29, 0.717) is 18.0 Å². The van der Waals surface area contributed by atoms with Crippen molar-refractivity contribution in [2.75, 3.05) is 31.4 Å². The normalized spacial score (nSPS) is 11.7. The molecule has 28 heavy (non-hydrogen) atoms. The number of thiophene rings is 1. The number of benzene rings is 1. The SMILES string of the molecule is COc1ccc(CN(CCOS(C)(=O)=O)c2nc3sc(C(C)=O)cc3s2)cc1. The van der Waals surface area contributed by atoms with Gasteiger partial charge in [0.15, 0.2) is 10.9 Å². The van der Waals surface area contributed by atoms with E-state index in [2.05, 4.69) is 4.98 Å². The first-order chi connectivity index (χ1) is 13.2. The van der Waals surface area contributed by atoms with Crippen molar-refractivity contribution in [3.8, 4) is 5.75 Å². The van der Waals surface area contributed by atoms with Gasteiger partial charge in [-0.3, -0.25) is 8.98 Å². The molecule has 0 N–H and O–H groups in total. The average Bonchev–Trinajstić information content (AvgIpc) is 3.19. The molecule has 10 heteroatoms. The van der Waals surface area contributed by atoms with Gasteiger partial charge < -0.3 is 9.64 Å². The molecule has 0 atom stereocenters. The number of hydrogen-bond donors (Lipinski definition) is 0. The first kappa shape index (κ1) is 20.7. The van der Waals surface area contributed by atoms with Crippen LogP contribution in [0, 0.1) is 0 Å². The number of carbonyl (C=O) groups is 1. The van der Waals surface area contributed by atoms with Crippen LogP contribution in [0.2, 0.25) is 0 Å². The molecule has 2 heterocycles. The van der Waals surface area contributed by atoms with E-state index in [9.17, 15) is 13.2 Å². The van der Waals surface area contributed by atoms with Gasteiger partial charge in [0.2, 0.25) is 0 Å². The number of aromatic nitrogens is 1. The lowest BCUT2D eigenvalue weighted by Crippen LogP contribution is -2.27. The van der Waals surface area contributed by atoms with Gasteiger partial charge in [0.25, 0.3) is 10.1 Å². The standard InChI is InChI=1S/C18H20N2O5S3/c1-12(21)15-10-16-17(26-15)19-18(27-16)20(8-9-25-28(3,22)23)11-13-4-6-14(24-2)7-5-13/h4-7,10H,8-9,11H2,1-3H3. The topological polar surface area (TPSA) is 85.8 Å². The highest BCUT2D eigenvalue weighted by Crippen LogP contribution is 2.35. The molecule has 0 radical (unpaired) electrons. The molecular formula is C18H20N2O5S3.